The van der Waals surface area contributed by atoms with Crippen molar-refractivity contribution < 1.29 is 12.8 Å². The summed E-state index contributed by atoms with van der Waals surface area (Å²) in [6, 6.07) is 20.9. The summed E-state index contributed by atoms with van der Waals surface area (Å²) < 4.78 is 40.7. The van der Waals surface area contributed by atoms with Crippen molar-refractivity contribution in [2.75, 3.05) is 31.5 Å². The van der Waals surface area contributed by atoms with E-state index >= 15 is 0 Å². The third kappa shape index (κ3) is 4.95. The Hall–Kier alpha value is -3.40. The van der Waals surface area contributed by atoms with Gasteiger partial charge in [-0.2, -0.15) is 4.31 Å². The number of nitrogens with one attached hydrogen (secondary N) is 1. The number of para-hydroxylation sites is 1. The van der Waals surface area contributed by atoms with Gasteiger partial charge in [0.2, 0.25) is 10.0 Å². The van der Waals surface area contributed by atoms with Crippen molar-refractivity contribution in [1.82, 2.24) is 19.2 Å². The summed E-state index contributed by atoms with van der Waals surface area (Å²) in [6.07, 6.45) is 0. The molecule has 1 aromatic heterocycles. The van der Waals surface area contributed by atoms with Gasteiger partial charge in [0, 0.05) is 37.3 Å². The van der Waals surface area contributed by atoms with E-state index in [2.05, 4.69) is 16.3 Å². The quantitative estimate of drug-likeness (QED) is 0.402. The zero-order valence-corrected chi connectivity index (χ0v) is 21.0. The molecule has 1 aliphatic heterocycles. The zero-order chi connectivity index (χ0) is 25.3. The molecule has 0 saturated carbocycles. The number of nitrogens with zero attached hydrogens (tertiary/aromatic N) is 4. The molecule has 1 aliphatic rings. The number of benzene rings is 3. The van der Waals surface area contributed by atoms with Crippen LogP contribution in [0, 0.1) is 12.7 Å². The molecule has 3 aromatic carbocycles. The van der Waals surface area contributed by atoms with Crippen molar-refractivity contribution in [3.8, 4) is 0 Å². The SMILES string of the molecule is Cc1cccc(Nc2nc(C(C)N3CCN(S(=O)(=O)c4ccc(F)cc4)CC3)nc3ccccc23)c1. The van der Waals surface area contributed by atoms with Crippen LogP contribution in [0.4, 0.5) is 15.9 Å². The van der Waals surface area contributed by atoms with E-state index < -0.39 is 15.8 Å². The minimum atomic E-state index is -3.67. The molecule has 7 nitrogen and oxygen atoms in total. The van der Waals surface area contributed by atoms with Gasteiger partial charge in [-0.3, -0.25) is 4.90 Å². The molecule has 1 N–H and O–H groups in total. The Balaban J connectivity index is 1.36. The monoisotopic (exact) mass is 505 g/mol. The van der Waals surface area contributed by atoms with Crippen LogP contribution in [0.5, 0.6) is 0 Å². The second kappa shape index (κ2) is 9.93. The smallest absolute Gasteiger partial charge is 0.243 e. The van der Waals surface area contributed by atoms with Gasteiger partial charge in [-0.1, -0.05) is 24.3 Å². The predicted octanol–water partition coefficient (Wildman–Crippen LogP) is 4.89. The van der Waals surface area contributed by atoms with Crippen molar-refractivity contribution >= 4 is 32.4 Å². The highest BCUT2D eigenvalue weighted by atomic mass is 32.2. The lowest BCUT2D eigenvalue weighted by molar-refractivity contribution is 0.141. The Morgan fingerprint density at radius 3 is 2.36 bits per heavy atom. The molecular weight excluding hydrogens is 477 g/mol. The molecule has 186 valence electrons. The number of halogens is 1. The Kier molecular flexibility index (Phi) is 6.70. The van der Waals surface area contributed by atoms with E-state index in [4.69, 9.17) is 9.97 Å². The van der Waals surface area contributed by atoms with Gasteiger partial charge >= 0.3 is 0 Å². The highest BCUT2D eigenvalue weighted by Gasteiger charge is 2.31. The Labute approximate surface area is 210 Å². The van der Waals surface area contributed by atoms with Crippen LogP contribution in [0.3, 0.4) is 0 Å². The average molecular weight is 506 g/mol. The number of fused-ring (bicyclic) bond motifs is 1. The Morgan fingerprint density at radius 1 is 0.917 bits per heavy atom. The minimum absolute atomic E-state index is 0.107. The van der Waals surface area contributed by atoms with E-state index in [9.17, 15) is 12.8 Å². The second-order valence-corrected chi connectivity index (χ2v) is 10.9. The lowest BCUT2D eigenvalue weighted by atomic mass is 10.1. The maximum atomic E-state index is 13.3. The van der Waals surface area contributed by atoms with Crippen molar-refractivity contribution in [2.45, 2.75) is 24.8 Å². The second-order valence-electron chi connectivity index (χ2n) is 9.01. The molecule has 0 aliphatic carbocycles. The van der Waals surface area contributed by atoms with Crippen LogP contribution in [0.1, 0.15) is 24.4 Å². The first-order chi connectivity index (χ1) is 17.3. The van der Waals surface area contributed by atoms with Gasteiger partial charge in [-0.15, -0.1) is 0 Å². The van der Waals surface area contributed by atoms with Gasteiger partial charge in [-0.25, -0.2) is 22.8 Å². The zero-order valence-electron chi connectivity index (χ0n) is 20.2. The van der Waals surface area contributed by atoms with Crippen LogP contribution >= 0.6 is 0 Å². The van der Waals surface area contributed by atoms with Crippen molar-refractivity contribution in [1.29, 1.82) is 0 Å². The predicted molar refractivity (Wildman–Crippen MR) is 139 cm³/mol. The number of sulfonamides is 1. The summed E-state index contributed by atoms with van der Waals surface area (Å²) in [4.78, 5) is 12.0. The number of rotatable bonds is 6. The molecule has 5 rings (SSSR count). The summed E-state index contributed by atoms with van der Waals surface area (Å²) in [5.74, 6) is 0.962. The summed E-state index contributed by atoms with van der Waals surface area (Å²) in [5.41, 5.74) is 2.96. The normalized spacial score (nSPS) is 16.2. The van der Waals surface area contributed by atoms with E-state index in [1.54, 1.807) is 0 Å². The molecule has 2 heterocycles. The summed E-state index contributed by atoms with van der Waals surface area (Å²) in [6.45, 7) is 5.85. The fourth-order valence-electron chi connectivity index (χ4n) is 4.49. The number of hydrogen-bond acceptors (Lipinski definition) is 6. The number of hydrogen-bond donors (Lipinski definition) is 1. The van der Waals surface area contributed by atoms with Gasteiger partial charge in [-0.05, 0) is 67.9 Å². The van der Waals surface area contributed by atoms with Crippen molar-refractivity contribution in [3.63, 3.8) is 0 Å². The fourth-order valence-corrected chi connectivity index (χ4v) is 5.91. The van der Waals surface area contributed by atoms with Crippen LogP contribution in [-0.4, -0.2) is 53.8 Å². The first kappa shape index (κ1) is 24.3. The highest BCUT2D eigenvalue weighted by molar-refractivity contribution is 7.89. The van der Waals surface area contributed by atoms with Crippen LogP contribution in [0.25, 0.3) is 10.9 Å². The highest BCUT2D eigenvalue weighted by Crippen LogP contribution is 2.28. The fraction of sp³-hybridized carbons (Fsp3) is 0.259. The van der Waals surface area contributed by atoms with Gasteiger partial charge < -0.3 is 5.32 Å². The van der Waals surface area contributed by atoms with Crippen molar-refractivity contribution in [2.24, 2.45) is 0 Å². The van der Waals surface area contributed by atoms with E-state index in [-0.39, 0.29) is 10.9 Å². The molecule has 1 unspecified atom stereocenters. The lowest BCUT2D eigenvalue weighted by Crippen LogP contribution is -2.49. The number of piperazine rings is 1. The summed E-state index contributed by atoms with van der Waals surface area (Å²) in [5, 5.41) is 4.39. The molecule has 9 heteroatoms. The Bertz CT molecular complexity index is 1490. The van der Waals surface area contributed by atoms with Crippen LogP contribution in [0.15, 0.2) is 77.7 Å². The molecule has 0 amide bonds. The van der Waals surface area contributed by atoms with E-state index in [1.807, 2.05) is 56.3 Å². The molecule has 0 spiro atoms. The van der Waals surface area contributed by atoms with Crippen LogP contribution in [-0.2, 0) is 10.0 Å². The van der Waals surface area contributed by atoms with Crippen molar-refractivity contribution in [3.05, 3.63) is 90.0 Å². The first-order valence-electron chi connectivity index (χ1n) is 11.9. The molecule has 1 fully saturated rings. The van der Waals surface area contributed by atoms with Crippen LogP contribution in [0.2, 0.25) is 0 Å². The van der Waals surface area contributed by atoms with Gasteiger partial charge in [0.1, 0.15) is 17.5 Å². The van der Waals surface area contributed by atoms with Gasteiger partial charge in [0.05, 0.1) is 16.5 Å². The minimum Gasteiger partial charge on any atom is -0.340 e. The molecule has 36 heavy (non-hydrogen) atoms. The number of anilines is 2. The largest absolute Gasteiger partial charge is 0.340 e. The third-order valence-electron chi connectivity index (χ3n) is 6.55. The van der Waals surface area contributed by atoms with E-state index in [0.717, 1.165) is 28.0 Å². The molecule has 0 radical (unpaired) electrons. The molecular formula is C27H28FN5O2S. The summed E-state index contributed by atoms with van der Waals surface area (Å²) >= 11 is 0. The average Bonchev–Trinajstić information content (AvgIpc) is 2.88. The standard InChI is InChI=1S/C27H28FN5O2S/c1-19-6-5-7-22(18-19)29-27-24-8-3-4-9-25(24)30-26(31-27)20(2)32-14-16-33(17-15-32)36(34,35)23-12-10-21(28)11-13-23/h3-13,18,20H,14-17H2,1-2H3,(H,29,30,31). The molecule has 4 aromatic rings. The van der Waals surface area contributed by atoms with Crippen LogP contribution < -0.4 is 5.32 Å². The maximum Gasteiger partial charge on any atom is 0.243 e. The summed E-state index contributed by atoms with van der Waals surface area (Å²) in [7, 11) is -3.67. The Morgan fingerprint density at radius 2 is 1.64 bits per heavy atom. The lowest BCUT2D eigenvalue weighted by Gasteiger charge is -2.36. The third-order valence-corrected chi connectivity index (χ3v) is 8.46. The van der Waals surface area contributed by atoms with E-state index in [1.165, 1.54) is 28.6 Å². The number of aromatic nitrogens is 2. The van der Waals surface area contributed by atoms with Gasteiger partial charge in [0.15, 0.2) is 0 Å². The van der Waals surface area contributed by atoms with E-state index in [0.29, 0.717) is 32.0 Å². The van der Waals surface area contributed by atoms with Gasteiger partial charge in [0.25, 0.3) is 0 Å². The number of aryl methyl sites for hydroxylation is 1. The maximum absolute atomic E-state index is 13.3. The molecule has 0 bridgehead atoms. The topological polar surface area (TPSA) is 78.4 Å². The first-order valence-corrected chi connectivity index (χ1v) is 13.4. The molecule has 1 saturated heterocycles. The molecule has 1 atom stereocenters.